The van der Waals surface area contributed by atoms with Gasteiger partial charge in [-0.2, -0.15) is 5.10 Å². The van der Waals surface area contributed by atoms with Gasteiger partial charge in [0.05, 0.1) is 29.6 Å². The zero-order valence-electron chi connectivity index (χ0n) is 15.7. The van der Waals surface area contributed by atoms with Gasteiger partial charge in [0.25, 0.3) is 0 Å². The van der Waals surface area contributed by atoms with Crippen LogP contribution in [-0.4, -0.2) is 42.5 Å². The number of nitrogens with zero attached hydrogens (tertiary/aromatic N) is 2. The van der Waals surface area contributed by atoms with E-state index < -0.39 is 5.82 Å². The van der Waals surface area contributed by atoms with Crippen molar-refractivity contribution in [3.8, 4) is 11.5 Å². The third-order valence-corrected chi connectivity index (χ3v) is 4.73. The molecule has 1 aliphatic rings. The van der Waals surface area contributed by atoms with Crippen LogP contribution < -0.4 is 15.0 Å². The molecule has 1 aliphatic heterocycles. The lowest BCUT2D eigenvalue weighted by Gasteiger charge is -2.40. The summed E-state index contributed by atoms with van der Waals surface area (Å²) in [7, 11) is 1.75. The summed E-state index contributed by atoms with van der Waals surface area (Å²) in [5, 5.41) is 10.9. The van der Waals surface area contributed by atoms with Crippen LogP contribution in [0, 0.1) is 5.82 Å². The Balaban J connectivity index is 1.74. The smallest absolute Gasteiger partial charge is 0.167 e. The number of benzene rings is 2. The van der Waals surface area contributed by atoms with Gasteiger partial charge in [0.2, 0.25) is 0 Å². The van der Waals surface area contributed by atoms with Crippen LogP contribution in [0.25, 0.3) is 10.9 Å². The summed E-state index contributed by atoms with van der Waals surface area (Å²) in [6, 6.07) is 8.73. The number of fused-ring (bicyclic) bond motifs is 1. The van der Waals surface area contributed by atoms with Crippen LogP contribution in [-0.2, 0) is 4.74 Å². The summed E-state index contributed by atoms with van der Waals surface area (Å²) < 4.78 is 26.3. The molecule has 2 aromatic carbocycles. The molecule has 1 fully saturated rings. The largest absolute Gasteiger partial charge is 0.452 e. The van der Waals surface area contributed by atoms with Gasteiger partial charge < -0.3 is 19.7 Å². The van der Waals surface area contributed by atoms with Crippen LogP contribution in [0.15, 0.2) is 36.5 Å². The van der Waals surface area contributed by atoms with E-state index in [0.717, 1.165) is 23.1 Å². The third-order valence-electron chi connectivity index (χ3n) is 4.73. The van der Waals surface area contributed by atoms with Crippen molar-refractivity contribution in [3.63, 3.8) is 0 Å². The Labute approximate surface area is 157 Å². The SMILES string of the molecule is CNc1ccc(Oc2cc3cn[nH]c3cc2N2CCOC(C)(C)C2)c(F)c1. The lowest BCUT2D eigenvalue weighted by Crippen LogP contribution is -2.48. The first kappa shape index (κ1) is 17.6. The van der Waals surface area contributed by atoms with Crippen LogP contribution in [0.3, 0.4) is 0 Å². The molecule has 6 nitrogen and oxygen atoms in total. The van der Waals surface area contributed by atoms with Gasteiger partial charge in [-0.3, -0.25) is 5.10 Å². The summed E-state index contributed by atoms with van der Waals surface area (Å²) in [6.07, 6.45) is 1.73. The summed E-state index contributed by atoms with van der Waals surface area (Å²) in [5.74, 6) is 0.366. The van der Waals surface area contributed by atoms with Gasteiger partial charge in [-0.15, -0.1) is 0 Å². The van der Waals surface area contributed by atoms with E-state index in [0.29, 0.717) is 24.6 Å². The second-order valence-electron chi connectivity index (χ2n) is 7.30. The monoisotopic (exact) mass is 370 g/mol. The van der Waals surface area contributed by atoms with Gasteiger partial charge >= 0.3 is 0 Å². The molecular weight excluding hydrogens is 347 g/mol. The third kappa shape index (κ3) is 3.55. The number of aromatic nitrogens is 2. The maximum absolute atomic E-state index is 14.5. The minimum absolute atomic E-state index is 0.186. The lowest BCUT2D eigenvalue weighted by atomic mass is 10.1. The van der Waals surface area contributed by atoms with Crippen LogP contribution in [0.5, 0.6) is 11.5 Å². The van der Waals surface area contributed by atoms with Gasteiger partial charge in [-0.25, -0.2) is 4.39 Å². The van der Waals surface area contributed by atoms with E-state index in [-0.39, 0.29) is 11.4 Å². The highest BCUT2D eigenvalue weighted by atomic mass is 19.1. The normalized spacial score (nSPS) is 16.5. The average molecular weight is 370 g/mol. The molecule has 2 heterocycles. The molecule has 0 saturated carbocycles. The highest BCUT2D eigenvalue weighted by molar-refractivity contribution is 5.86. The number of nitrogens with one attached hydrogen (secondary N) is 2. The van der Waals surface area contributed by atoms with Crippen molar-refractivity contribution < 1.29 is 13.9 Å². The Morgan fingerprint density at radius 2 is 2.11 bits per heavy atom. The topological polar surface area (TPSA) is 62.4 Å². The van der Waals surface area contributed by atoms with E-state index in [1.54, 1.807) is 25.4 Å². The fraction of sp³-hybridized carbons (Fsp3) is 0.350. The van der Waals surface area contributed by atoms with Crippen molar-refractivity contribution >= 4 is 22.3 Å². The van der Waals surface area contributed by atoms with Gasteiger partial charge in [0.1, 0.15) is 0 Å². The molecule has 0 aliphatic carbocycles. The average Bonchev–Trinajstić information content (AvgIpc) is 3.09. The molecular formula is C20H23FN4O2. The Morgan fingerprint density at radius 3 is 2.85 bits per heavy atom. The van der Waals surface area contributed by atoms with Crippen LogP contribution >= 0.6 is 0 Å². The maximum Gasteiger partial charge on any atom is 0.167 e. The molecule has 3 aromatic rings. The molecule has 142 valence electrons. The first-order chi connectivity index (χ1) is 12.9. The van der Waals surface area contributed by atoms with Crippen molar-refractivity contribution in [2.24, 2.45) is 0 Å². The highest BCUT2D eigenvalue weighted by Gasteiger charge is 2.29. The zero-order valence-corrected chi connectivity index (χ0v) is 15.7. The summed E-state index contributed by atoms with van der Waals surface area (Å²) >= 11 is 0. The van der Waals surface area contributed by atoms with Crippen LogP contribution in [0.2, 0.25) is 0 Å². The molecule has 1 aromatic heterocycles. The molecule has 0 radical (unpaired) electrons. The number of halogens is 1. The fourth-order valence-corrected chi connectivity index (χ4v) is 3.37. The van der Waals surface area contributed by atoms with E-state index >= 15 is 0 Å². The highest BCUT2D eigenvalue weighted by Crippen LogP contribution is 2.38. The summed E-state index contributed by atoms with van der Waals surface area (Å²) in [6.45, 7) is 6.19. The second-order valence-corrected chi connectivity index (χ2v) is 7.30. The number of morpholine rings is 1. The molecule has 27 heavy (non-hydrogen) atoms. The van der Waals surface area contributed by atoms with Crippen molar-refractivity contribution in [1.29, 1.82) is 0 Å². The van der Waals surface area contributed by atoms with Gasteiger partial charge in [0, 0.05) is 37.3 Å². The maximum atomic E-state index is 14.5. The predicted molar refractivity (Wildman–Crippen MR) is 104 cm³/mol. The van der Waals surface area contributed by atoms with E-state index in [2.05, 4.69) is 34.3 Å². The first-order valence-corrected chi connectivity index (χ1v) is 8.96. The van der Waals surface area contributed by atoms with Gasteiger partial charge in [0.15, 0.2) is 17.3 Å². The van der Waals surface area contributed by atoms with E-state index in [1.165, 1.54) is 6.07 Å². The number of hydrogen-bond donors (Lipinski definition) is 2. The zero-order chi connectivity index (χ0) is 19.0. The molecule has 4 rings (SSSR count). The molecule has 0 bridgehead atoms. The standard InChI is InChI=1S/C20H23FN4O2/c1-20(2)12-25(6-7-26-20)17-10-16-13(11-23-24-16)8-19(17)27-18-5-4-14(22-3)9-15(18)21/h4-5,8-11,22H,6-7,12H2,1-3H3,(H,23,24). The van der Waals surface area contributed by atoms with Gasteiger partial charge in [-0.1, -0.05) is 0 Å². The van der Waals surface area contributed by atoms with Crippen molar-refractivity contribution in [2.45, 2.75) is 19.4 Å². The summed E-state index contributed by atoms with van der Waals surface area (Å²) in [4.78, 5) is 2.21. The number of rotatable bonds is 4. The van der Waals surface area contributed by atoms with Crippen LogP contribution in [0.1, 0.15) is 13.8 Å². The molecule has 2 N–H and O–H groups in total. The summed E-state index contributed by atoms with van der Waals surface area (Å²) in [5.41, 5.74) is 2.23. The second kappa shape index (κ2) is 6.74. The van der Waals surface area contributed by atoms with Crippen molar-refractivity contribution in [3.05, 3.63) is 42.3 Å². The van der Waals surface area contributed by atoms with E-state index in [1.807, 2.05) is 12.1 Å². The molecule has 0 unspecified atom stereocenters. The molecule has 7 heteroatoms. The number of anilines is 2. The van der Waals surface area contributed by atoms with Gasteiger partial charge in [-0.05, 0) is 38.1 Å². The van der Waals surface area contributed by atoms with Crippen LogP contribution in [0.4, 0.5) is 15.8 Å². The number of aromatic amines is 1. The number of hydrogen-bond acceptors (Lipinski definition) is 5. The van der Waals surface area contributed by atoms with E-state index in [4.69, 9.17) is 9.47 Å². The Kier molecular flexibility index (Phi) is 4.39. The lowest BCUT2D eigenvalue weighted by molar-refractivity contribution is -0.0277. The Bertz CT molecular complexity index is 970. The Morgan fingerprint density at radius 1 is 1.26 bits per heavy atom. The molecule has 0 spiro atoms. The quantitative estimate of drug-likeness (QED) is 0.722. The molecule has 0 atom stereocenters. The minimum atomic E-state index is -0.414. The predicted octanol–water partition coefficient (Wildman–Crippen LogP) is 4.15. The fourth-order valence-electron chi connectivity index (χ4n) is 3.37. The van der Waals surface area contributed by atoms with Crippen molar-refractivity contribution in [2.75, 3.05) is 37.0 Å². The molecule has 1 saturated heterocycles. The number of H-pyrrole nitrogens is 1. The Hall–Kier alpha value is -2.80. The number of ether oxygens (including phenoxy) is 2. The van der Waals surface area contributed by atoms with Crippen molar-refractivity contribution in [1.82, 2.24) is 10.2 Å². The van der Waals surface area contributed by atoms with E-state index in [9.17, 15) is 4.39 Å². The molecule has 0 amide bonds. The minimum Gasteiger partial charge on any atom is -0.452 e. The first-order valence-electron chi connectivity index (χ1n) is 8.96.